The van der Waals surface area contributed by atoms with Gasteiger partial charge < -0.3 is 20.2 Å². The van der Waals surface area contributed by atoms with E-state index in [1.54, 1.807) is 7.05 Å². The molecule has 0 unspecified atom stereocenters. The van der Waals surface area contributed by atoms with Gasteiger partial charge in [0.15, 0.2) is 0 Å². The Bertz CT molecular complexity index is 591. The second kappa shape index (κ2) is 8.33. The first-order chi connectivity index (χ1) is 11.5. The van der Waals surface area contributed by atoms with E-state index in [4.69, 9.17) is 5.11 Å². The minimum atomic E-state index is -0.965. The summed E-state index contributed by atoms with van der Waals surface area (Å²) in [6.07, 6.45) is 1.30. The summed E-state index contributed by atoms with van der Waals surface area (Å²) in [5.74, 6) is -1.20. The molecule has 130 valence electrons. The van der Waals surface area contributed by atoms with Gasteiger partial charge in [0.25, 0.3) is 0 Å². The van der Waals surface area contributed by atoms with Gasteiger partial charge in [-0.1, -0.05) is 30.3 Å². The number of rotatable bonds is 6. The lowest BCUT2D eigenvalue weighted by atomic mass is 10.2. The Morgan fingerprint density at radius 1 is 1.29 bits per heavy atom. The maximum absolute atomic E-state index is 12.1. The minimum absolute atomic E-state index is 0.106. The van der Waals surface area contributed by atoms with Crippen LogP contribution < -0.4 is 5.32 Å². The van der Waals surface area contributed by atoms with Crippen molar-refractivity contribution in [1.29, 1.82) is 0 Å². The Kier molecular flexibility index (Phi) is 6.17. The molecule has 7 nitrogen and oxygen atoms in total. The highest BCUT2D eigenvalue weighted by atomic mass is 16.4. The molecule has 0 saturated carbocycles. The molecule has 1 atom stereocenters. The number of carbonyl (C=O) groups is 3. The third kappa shape index (κ3) is 4.71. The van der Waals surface area contributed by atoms with Gasteiger partial charge in [-0.25, -0.2) is 9.59 Å². The molecule has 0 aliphatic carbocycles. The number of hydrogen-bond donors (Lipinski definition) is 2. The molecule has 1 heterocycles. The van der Waals surface area contributed by atoms with Crippen molar-refractivity contribution in [2.75, 3.05) is 20.1 Å². The van der Waals surface area contributed by atoms with Crippen molar-refractivity contribution in [3.05, 3.63) is 35.9 Å². The summed E-state index contributed by atoms with van der Waals surface area (Å²) in [7, 11) is 1.69. The third-order valence-electron chi connectivity index (χ3n) is 4.08. The number of amides is 3. The van der Waals surface area contributed by atoms with Gasteiger partial charge in [-0.15, -0.1) is 0 Å². The molecule has 0 bridgehead atoms. The number of carboxylic acids is 1. The van der Waals surface area contributed by atoms with Gasteiger partial charge in [0, 0.05) is 33.1 Å². The highest BCUT2D eigenvalue weighted by Gasteiger charge is 2.33. The summed E-state index contributed by atoms with van der Waals surface area (Å²) >= 11 is 0. The highest BCUT2D eigenvalue weighted by Crippen LogP contribution is 2.18. The lowest BCUT2D eigenvalue weighted by Gasteiger charge is -2.22. The average molecular weight is 333 g/mol. The summed E-state index contributed by atoms with van der Waals surface area (Å²) in [6, 6.07) is 8.62. The van der Waals surface area contributed by atoms with Gasteiger partial charge in [-0.05, 0) is 18.4 Å². The van der Waals surface area contributed by atoms with Crippen molar-refractivity contribution < 1.29 is 19.5 Å². The molecule has 0 spiro atoms. The van der Waals surface area contributed by atoms with E-state index in [2.05, 4.69) is 5.32 Å². The van der Waals surface area contributed by atoms with E-state index in [0.29, 0.717) is 25.9 Å². The van der Waals surface area contributed by atoms with Crippen molar-refractivity contribution in [1.82, 2.24) is 15.1 Å². The first kappa shape index (κ1) is 17.8. The van der Waals surface area contributed by atoms with Gasteiger partial charge in [0.1, 0.15) is 6.04 Å². The normalized spacial score (nSPS) is 16.7. The van der Waals surface area contributed by atoms with E-state index in [-0.39, 0.29) is 24.9 Å². The number of hydrogen-bond acceptors (Lipinski definition) is 3. The number of likely N-dealkylation sites (tertiary alicyclic amines) is 1. The van der Waals surface area contributed by atoms with E-state index in [1.165, 1.54) is 9.80 Å². The van der Waals surface area contributed by atoms with Crippen LogP contribution in [0.3, 0.4) is 0 Å². The van der Waals surface area contributed by atoms with Crippen LogP contribution in [-0.4, -0.2) is 59.0 Å². The second-order valence-corrected chi connectivity index (χ2v) is 5.91. The van der Waals surface area contributed by atoms with Gasteiger partial charge in [0.2, 0.25) is 5.91 Å². The molecule has 0 radical (unpaired) electrons. The Hall–Kier alpha value is -2.57. The number of nitrogens with zero attached hydrogens (tertiary/aromatic N) is 2. The monoisotopic (exact) mass is 333 g/mol. The highest BCUT2D eigenvalue weighted by molar-refractivity contribution is 5.84. The second-order valence-electron chi connectivity index (χ2n) is 5.91. The molecular formula is C17H23N3O4. The molecular weight excluding hydrogens is 310 g/mol. The summed E-state index contributed by atoms with van der Waals surface area (Å²) in [6.45, 7) is 1.14. The molecule has 1 aliphatic rings. The molecule has 7 heteroatoms. The number of benzene rings is 1. The molecule has 1 aromatic carbocycles. The van der Waals surface area contributed by atoms with Crippen LogP contribution in [0.2, 0.25) is 0 Å². The molecule has 1 aliphatic heterocycles. The molecule has 1 aromatic rings. The lowest BCUT2D eigenvalue weighted by Crippen LogP contribution is -2.43. The van der Waals surface area contributed by atoms with Gasteiger partial charge >= 0.3 is 12.0 Å². The maximum atomic E-state index is 12.1. The van der Waals surface area contributed by atoms with E-state index in [9.17, 15) is 14.4 Å². The van der Waals surface area contributed by atoms with E-state index in [0.717, 1.165) is 5.56 Å². The summed E-state index contributed by atoms with van der Waals surface area (Å²) in [5, 5.41) is 11.8. The molecule has 2 N–H and O–H groups in total. The van der Waals surface area contributed by atoms with Crippen LogP contribution in [0.4, 0.5) is 4.79 Å². The topological polar surface area (TPSA) is 90.0 Å². The Morgan fingerprint density at radius 3 is 2.67 bits per heavy atom. The number of carbonyl (C=O) groups excluding carboxylic acids is 2. The van der Waals surface area contributed by atoms with Crippen LogP contribution in [0, 0.1) is 0 Å². The van der Waals surface area contributed by atoms with E-state index in [1.807, 2.05) is 30.3 Å². The fourth-order valence-corrected chi connectivity index (χ4v) is 2.81. The predicted molar refractivity (Wildman–Crippen MR) is 88.3 cm³/mol. The number of urea groups is 1. The smallest absolute Gasteiger partial charge is 0.326 e. The number of nitrogens with one attached hydrogen (secondary N) is 1. The zero-order valence-corrected chi connectivity index (χ0v) is 13.8. The first-order valence-electron chi connectivity index (χ1n) is 8.04. The standard InChI is InChI=1S/C17H23N3O4/c1-19(12-13-6-3-2-4-7-13)17(24)18-10-9-15(21)20-11-5-8-14(20)16(22)23/h2-4,6-7,14H,5,8-12H2,1H3,(H,18,24)(H,22,23)/t14-/m0/s1. The van der Waals surface area contributed by atoms with Crippen LogP contribution in [0.1, 0.15) is 24.8 Å². The fraction of sp³-hybridized carbons (Fsp3) is 0.471. The van der Waals surface area contributed by atoms with Crippen molar-refractivity contribution in [3.8, 4) is 0 Å². The van der Waals surface area contributed by atoms with E-state index < -0.39 is 12.0 Å². The molecule has 0 aromatic heterocycles. The lowest BCUT2D eigenvalue weighted by molar-refractivity contribution is -0.148. The third-order valence-corrected chi connectivity index (χ3v) is 4.08. The zero-order valence-electron chi connectivity index (χ0n) is 13.8. The minimum Gasteiger partial charge on any atom is -0.480 e. The van der Waals surface area contributed by atoms with Gasteiger partial charge in [-0.2, -0.15) is 0 Å². The first-order valence-corrected chi connectivity index (χ1v) is 8.04. The Balaban J connectivity index is 1.74. The van der Waals surface area contributed by atoms with Crippen LogP contribution in [0.25, 0.3) is 0 Å². The molecule has 1 saturated heterocycles. The summed E-state index contributed by atoms with van der Waals surface area (Å²) in [5.41, 5.74) is 1.02. The summed E-state index contributed by atoms with van der Waals surface area (Å²) in [4.78, 5) is 38.1. The Morgan fingerprint density at radius 2 is 2.00 bits per heavy atom. The Labute approximate surface area is 141 Å². The van der Waals surface area contributed by atoms with Crippen molar-refractivity contribution in [2.45, 2.75) is 31.8 Å². The predicted octanol–water partition coefficient (Wildman–Crippen LogP) is 1.29. The molecule has 1 fully saturated rings. The van der Waals surface area contributed by atoms with Crippen molar-refractivity contribution in [3.63, 3.8) is 0 Å². The zero-order chi connectivity index (χ0) is 17.5. The van der Waals surface area contributed by atoms with Crippen LogP contribution >= 0.6 is 0 Å². The summed E-state index contributed by atoms with van der Waals surface area (Å²) < 4.78 is 0. The molecule has 2 rings (SSSR count). The fourth-order valence-electron chi connectivity index (χ4n) is 2.81. The van der Waals surface area contributed by atoms with Crippen LogP contribution in [0.5, 0.6) is 0 Å². The van der Waals surface area contributed by atoms with Gasteiger partial charge in [0.05, 0.1) is 0 Å². The molecule has 24 heavy (non-hydrogen) atoms. The van der Waals surface area contributed by atoms with E-state index >= 15 is 0 Å². The number of aliphatic carboxylic acids is 1. The van der Waals surface area contributed by atoms with Crippen LogP contribution in [0.15, 0.2) is 30.3 Å². The molecule has 3 amide bonds. The number of carboxylic acid groups (broad SMARTS) is 1. The van der Waals surface area contributed by atoms with Crippen molar-refractivity contribution >= 4 is 17.9 Å². The maximum Gasteiger partial charge on any atom is 0.326 e. The SMILES string of the molecule is CN(Cc1ccccc1)C(=O)NCCC(=O)N1CCC[C@H]1C(=O)O. The van der Waals surface area contributed by atoms with Crippen molar-refractivity contribution in [2.24, 2.45) is 0 Å². The quantitative estimate of drug-likeness (QED) is 0.821. The average Bonchev–Trinajstić information content (AvgIpc) is 3.05. The largest absolute Gasteiger partial charge is 0.480 e. The van der Waals surface area contributed by atoms with Gasteiger partial charge in [-0.3, -0.25) is 4.79 Å². The van der Waals surface area contributed by atoms with Crippen LogP contribution in [-0.2, 0) is 16.1 Å².